The van der Waals surface area contributed by atoms with Gasteiger partial charge in [-0.15, -0.1) is 0 Å². The minimum Gasteiger partial charge on any atom is -0.507 e. The van der Waals surface area contributed by atoms with Crippen LogP contribution < -0.4 is 4.74 Å². The first kappa shape index (κ1) is 10.8. The maximum absolute atomic E-state index is 11.5. The lowest BCUT2D eigenvalue weighted by Crippen LogP contribution is -2.02. The van der Waals surface area contributed by atoms with Crippen molar-refractivity contribution in [3.8, 4) is 11.5 Å². The molecule has 0 amide bonds. The van der Waals surface area contributed by atoms with Crippen molar-refractivity contribution in [3.05, 3.63) is 22.3 Å². The first-order valence-corrected chi connectivity index (χ1v) is 4.78. The molecule has 1 aromatic carbocycles. The highest BCUT2D eigenvalue weighted by Gasteiger charge is 2.37. The first-order valence-electron chi connectivity index (χ1n) is 4.78. The second kappa shape index (κ2) is 3.38. The van der Waals surface area contributed by atoms with Crippen molar-refractivity contribution >= 4 is 5.97 Å². The molecule has 2 N–H and O–H groups in total. The topological polar surface area (TPSA) is 76.0 Å². The SMILES string of the molecule is COc1c(C)c(O)c(C)c2c1C(=O)O[C@@H]2O. The summed E-state index contributed by atoms with van der Waals surface area (Å²) >= 11 is 0. The second-order valence-electron chi connectivity index (χ2n) is 3.68. The molecule has 1 aromatic rings. The Kier molecular flexibility index (Phi) is 2.27. The van der Waals surface area contributed by atoms with Gasteiger partial charge in [0, 0.05) is 16.7 Å². The van der Waals surface area contributed by atoms with Gasteiger partial charge in [-0.25, -0.2) is 4.79 Å². The quantitative estimate of drug-likeness (QED) is 0.700. The number of fused-ring (bicyclic) bond motifs is 1. The predicted octanol–water partition coefficient (Wildman–Crippen LogP) is 1.18. The Morgan fingerprint density at radius 1 is 1.31 bits per heavy atom. The van der Waals surface area contributed by atoms with Crippen LogP contribution in [-0.4, -0.2) is 23.3 Å². The van der Waals surface area contributed by atoms with Crippen LogP contribution in [0.5, 0.6) is 11.5 Å². The van der Waals surface area contributed by atoms with Crippen LogP contribution in [0.4, 0.5) is 0 Å². The second-order valence-corrected chi connectivity index (χ2v) is 3.68. The minimum atomic E-state index is -1.33. The summed E-state index contributed by atoms with van der Waals surface area (Å²) in [5.74, 6) is -0.377. The van der Waals surface area contributed by atoms with Crippen LogP contribution in [0.3, 0.4) is 0 Å². The number of hydrogen-bond acceptors (Lipinski definition) is 5. The predicted molar refractivity (Wildman–Crippen MR) is 54.5 cm³/mol. The van der Waals surface area contributed by atoms with E-state index < -0.39 is 12.3 Å². The normalized spacial score (nSPS) is 18.2. The zero-order valence-corrected chi connectivity index (χ0v) is 9.20. The minimum absolute atomic E-state index is 0.00736. The summed E-state index contributed by atoms with van der Waals surface area (Å²) in [5, 5.41) is 19.4. The average Bonchev–Trinajstić information content (AvgIpc) is 2.52. The third-order valence-electron chi connectivity index (χ3n) is 2.83. The maximum Gasteiger partial charge on any atom is 0.345 e. The zero-order chi connectivity index (χ0) is 12.0. The largest absolute Gasteiger partial charge is 0.507 e. The molecule has 5 heteroatoms. The van der Waals surface area contributed by atoms with E-state index in [4.69, 9.17) is 9.47 Å². The summed E-state index contributed by atoms with van der Waals surface area (Å²) in [5.41, 5.74) is 1.38. The fourth-order valence-corrected chi connectivity index (χ4v) is 2.00. The number of benzene rings is 1. The number of hydrogen-bond donors (Lipinski definition) is 2. The molecule has 1 atom stereocenters. The van der Waals surface area contributed by atoms with Gasteiger partial charge >= 0.3 is 5.97 Å². The van der Waals surface area contributed by atoms with E-state index in [1.54, 1.807) is 13.8 Å². The van der Waals surface area contributed by atoms with E-state index in [-0.39, 0.29) is 22.6 Å². The molecule has 0 bridgehead atoms. The Balaban J connectivity index is 2.85. The molecule has 2 rings (SSSR count). The van der Waals surface area contributed by atoms with E-state index in [1.165, 1.54) is 7.11 Å². The lowest BCUT2D eigenvalue weighted by Gasteiger charge is -2.13. The van der Waals surface area contributed by atoms with Gasteiger partial charge in [-0.05, 0) is 13.8 Å². The number of phenolic OH excluding ortho intramolecular Hbond substituents is 1. The van der Waals surface area contributed by atoms with E-state index in [1.807, 2.05) is 0 Å². The monoisotopic (exact) mass is 224 g/mol. The van der Waals surface area contributed by atoms with Gasteiger partial charge in [0.15, 0.2) is 0 Å². The van der Waals surface area contributed by atoms with Crippen molar-refractivity contribution < 1.29 is 24.5 Å². The van der Waals surface area contributed by atoms with Gasteiger partial charge in [0.05, 0.1) is 7.11 Å². The summed E-state index contributed by atoms with van der Waals surface area (Å²) in [4.78, 5) is 11.5. The van der Waals surface area contributed by atoms with Gasteiger partial charge in [0.2, 0.25) is 6.29 Å². The summed E-state index contributed by atoms with van der Waals surface area (Å²) in [6.45, 7) is 3.26. The van der Waals surface area contributed by atoms with Crippen LogP contribution in [0, 0.1) is 13.8 Å². The molecule has 1 aliphatic heterocycles. The van der Waals surface area contributed by atoms with Gasteiger partial charge in [-0.3, -0.25) is 0 Å². The lowest BCUT2D eigenvalue weighted by molar-refractivity contribution is -0.0551. The third-order valence-corrected chi connectivity index (χ3v) is 2.83. The van der Waals surface area contributed by atoms with E-state index in [2.05, 4.69) is 0 Å². The standard InChI is InChI=1S/C11H12O5/c1-4-6-7(11(14)16-10(6)13)9(15-3)5(2)8(4)12/h10,12-13H,1-3H3/t10-/m0/s1. The van der Waals surface area contributed by atoms with Gasteiger partial charge in [0.25, 0.3) is 0 Å². The number of phenols is 1. The molecule has 0 radical (unpaired) electrons. The molecule has 1 heterocycles. The maximum atomic E-state index is 11.5. The van der Waals surface area contributed by atoms with Crippen molar-refractivity contribution in [1.29, 1.82) is 0 Å². The van der Waals surface area contributed by atoms with Crippen LogP contribution >= 0.6 is 0 Å². The molecule has 0 saturated heterocycles. The van der Waals surface area contributed by atoms with Crippen molar-refractivity contribution in [2.75, 3.05) is 7.11 Å². The van der Waals surface area contributed by atoms with E-state index >= 15 is 0 Å². The molecule has 1 aliphatic rings. The number of aliphatic hydroxyl groups excluding tert-OH is 1. The van der Waals surface area contributed by atoms with E-state index in [0.29, 0.717) is 11.1 Å². The third kappa shape index (κ3) is 1.18. The Labute approximate surface area is 92.2 Å². The molecule has 0 unspecified atom stereocenters. The number of rotatable bonds is 1. The lowest BCUT2D eigenvalue weighted by atomic mass is 9.97. The Morgan fingerprint density at radius 2 is 1.94 bits per heavy atom. The van der Waals surface area contributed by atoms with Gasteiger partial charge in [0.1, 0.15) is 17.1 Å². The van der Waals surface area contributed by atoms with Crippen molar-refractivity contribution in [1.82, 2.24) is 0 Å². The molecule has 0 aromatic heterocycles. The van der Waals surface area contributed by atoms with Crippen molar-refractivity contribution in [2.45, 2.75) is 20.1 Å². The Morgan fingerprint density at radius 3 is 2.50 bits per heavy atom. The molecule has 5 nitrogen and oxygen atoms in total. The molecule has 16 heavy (non-hydrogen) atoms. The summed E-state index contributed by atoms with van der Waals surface area (Å²) in [6, 6.07) is 0. The molecule has 0 spiro atoms. The molecule has 0 fully saturated rings. The van der Waals surface area contributed by atoms with Gasteiger partial charge in [-0.2, -0.15) is 0 Å². The molecule has 0 aliphatic carbocycles. The summed E-state index contributed by atoms with van der Waals surface area (Å²) < 4.78 is 9.76. The highest BCUT2D eigenvalue weighted by molar-refractivity contribution is 5.98. The number of ether oxygens (including phenoxy) is 2. The number of methoxy groups -OCH3 is 1. The smallest absolute Gasteiger partial charge is 0.345 e. The highest BCUT2D eigenvalue weighted by atomic mass is 16.6. The van der Waals surface area contributed by atoms with Crippen LogP contribution in [0.25, 0.3) is 0 Å². The van der Waals surface area contributed by atoms with Crippen molar-refractivity contribution in [3.63, 3.8) is 0 Å². The number of carbonyl (C=O) groups excluding carboxylic acids is 1. The number of cyclic esters (lactones) is 1. The van der Waals surface area contributed by atoms with E-state index in [9.17, 15) is 15.0 Å². The highest BCUT2D eigenvalue weighted by Crippen LogP contribution is 2.44. The summed E-state index contributed by atoms with van der Waals surface area (Å²) in [7, 11) is 1.40. The number of carbonyl (C=O) groups is 1. The van der Waals surface area contributed by atoms with Crippen LogP contribution in [-0.2, 0) is 4.74 Å². The zero-order valence-electron chi connectivity index (χ0n) is 9.20. The summed E-state index contributed by atoms with van der Waals surface area (Å²) in [6.07, 6.45) is -1.33. The molecule has 86 valence electrons. The first-order chi connectivity index (χ1) is 7.49. The van der Waals surface area contributed by atoms with Crippen molar-refractivity contribution in [2.24, 2.45) is 0 Å². The van der Waals surface area contributed by atoms with Gasteiger partial charge < -0.3 is 19.7 Å². The Bertz CT molecular complexity index is 478. The number of esters is 1. The number of aliphatic hydroxyl groups is 1. The van der Waals surface area contributed by atoms with Crippen LogP contribution in [0.15, 0.2) is 0 Å². The molecular formula is C11H12O5. The van der Waals surface area contributed by atoms with E-state index in [0.717, 1.165) is 0 Å². The van der Waals surface area contributed by atoms with Crippen LogP contribution in [0.2, 0.25) is 0 Å². The number of aromatic hydroxyl groups is 1. The fraction of sp³-hybridized carbons (Fsp3) is 0.364. The average molecular weight is 224 g/mol. The van der Waals surface area contributed by atoms with Gasteiger partial charge in [-0.1, -0.05) is 0 Å². The molecular weight excluding hydrogens is 212 g/mol. The Hall–Kier alpha value is -1.75. The fourth-order valence-electron chi connectivity index (χ4n) is 2.00. The van der Waals surface area contributed by atoms with Crippen LogP contribution in [0.1, 0.15) is 33.3 Å². The molecule has 0 saturated carbocycles.